The highest BCUT2D eigenvalue weighted by Gasteiger charge is 2.33. The lowest BCUT2D eigenvalue weighted by atomic mass is 9.88. The molecule has 0 spiro atoms. The average Bonchev–Trinajstić information content (AvgIpc) is 2.53. The zero-order chi connectivity index (χ0) is 16.3. The molecule has 0 saturated heterocycles. The fourth-order valence-electron chi connectivity index (χ4n) is 1.31. The first-order chi connectivity index (χ1) is 9.92. The lowest BCUT2D eigenvalue weighted by Crippen LogP contribution is -2.40. The van der Waals surface area contributed by atoms with E-state index in [1.165, 1.54) is 0 Å². The molecule has 0 saturated carbocycles. The minimum atomic E-state index is -0.861. The van der Waals surface area contributed by atoms with Gasteiger partial charge >= 0.3 is 17.9 Å². The van der Waals surface area contributed by atoms with E-state index in [1.54, 1.807) is 6.92 Å². The van der Waals surface area contributed by atoms with E-state index >= 15 is 0 Å². The summed E-state index contributed by atoms with van der Waals surface area (Å²) in [5.41, 5.74) is 14.6. The highest BCUT2D eigenvalue weighted by molar-refractivity contribution is 5.72. The van der Waals surface area contributed by atoms with Crippen LogP contribution in [0.5, 0.6) is 0 Å². The van der Waals surface area contributed by atoms with Gasteiger partial charge in [-0.1, -0.05) is 6.92 Å². The van der Waals surface area contributed by atoms with Crippen molar-refractivity contribution < 1.29 is 28.6 Å². The van der Waals surface area contributed by atoms with Gasteiger partial charge in [-0.3, -0.25) is 14.4 Å². The van der Waals surface area contributed by atoms with Crippen LogP contribution in [-0.4, -0.2) is 57.4 Å². The molecular formula is C12H23N3O6. The summed E-state index contributed by atoms with van der Waals surface area (Å²) in [6.45, 7) is 0.656. The van der Waals surface area contributed by atoms with Gasteiger partial charge in [0.25, 0.3) is 0 Å². The van der Waals surface area contributed by atoms with E-state index in [1.807, 2.05) is 0 Å². The number of ether oxygens (including phenoxy) is 3. The standard InChI is InChI=1S/C12H23N3O6/c1-2-12(6-19-9(16)3-13,7-20-10(17)4-14)8-21-11(18)5-15/h2-8,13-15H2,1H3. The fraction of sp³-hybridized carbons (Fsp3) is 0.750. The average molecular weight is 305 g/mol. The zero-order valence-electron chi connectivity index (χ0n) is 12.1. The molecule has 9 heteroatoms. The molecule has 0 amide bonds. The van der Waals surface area contributed by atoms with Gasteiger partial charge in [-0.25, -0.2) is 0 Å². The Balaban J connectivity index is 4.76. The Morgan fingerprint density at radius 2 is 1.05 bits per heavy atom. The Labute approximate surface area is 123 Å². The molecule has 0 aliphatic carbocycles. The van der Waals surface area contributed by atoms with Crippen LogP contribution in [-0.2, 0) is 28.6 Å². The molecule has 0 heterocycles. The van der Waals surface area contributed by atoms with Crippen molar-refractivity contribution in [2.24, 2.45) is 22.6 Å². The van der Waals surface area contributed by atoms with E-state index in [-0.39, 0.29) is 39.5 Å². The van der Waals surface area contributed by atoms with E-state index in [9.17, 15) is 14.4 Å². The molecule has 0 aromatic carbocycles. The van der Waals surface area contributed by atoms with Crippen LogP contribution in [0.2, 0.25) is 0 Å². The minimum absolute atomic E-state index is 0.102. The van der Waals surface area contributed by atoms with Gasteiger partial charge in [0.2, 0.25) is 0 Å². The van der Waals surface area contributed by atoms with Crippen LogP contribution < -0.4 is 17.2 Å². The lowest BCUT2D eigenvalue weighted by molar-refractivity contribution is -0.160. The summed E-state index contributed by atoms with van der Waals surface area (Å²) >= 11 is 0. The second-order valence-corrected chi connectivity index (χ2v) is 4.45. The maximum absolute atomic E-state index is 11.2. The largest absolute Gasteiger partial charge is 0.464 e. The smallest absolute Gasteiger partial charge is 0.319 e. The second-order valence-electron chi connectivity index (χ2n) is 4.45. The Morgan fingerprint density at radius 3 is 1.24 bits per heavy atom. The van der Waals surface area contributed by atoms with Gasteiger partial charge in [-0.2, -0.15) is 0 Å². The van der Waals surface area contributed by atoms with Crippen LogP contribution in [0.3, 0.4) is 0 Å². The topological polar surface area (TPSA) is 157 Å². The van der Waals surface area contributed by atoms with Gasteiger partial charge in [0.1, 0.15) is 19.8 Å². The Bertz CT molecular complexity index is 311. The van der Waals surface area contributed by atoms with Gasteiger partial charge in [-0.15, -0.1) is 0 Å². The molecule has 0 fully saturated rings. The number of carbonyl (C=O) groups is 3. The van der Waals surface area contributed by atoms with Crippen molar-refractivity contribution in [3.63, 3.8) is 0 Å². The van der Waals surface area contributed by atoms with E-state index in [2.05, 4.69) is 0 Å². The van der Waals surface area contributed by atoms with Crippen molar-refractivity contribution in [2.75, 3.05) is 39.5 Å². The predicted molar refractivity (Wildman–Crippen MR) is 72.8 cm³/mol. The van der Waals surface area contributed by atoms with Crippen molar-refractivity contribution in [1.29, 1.82) is 0 Å². The zero-order valence-corrected chi connectivity index (χ0v) is 12.1. The third kappa shape index (κ3) is 7.59. The van der Waals surface area contributed by atoms with Crippen LogP contribution in [0, 0.1) is 5.41 Å². The predicted octanol–water partition coefficient (Wildman–Crippen LogP) is -2.11. The van der Waals surface area contributed by atoms with E-state index in [0.717, 1.165) is 0 Å². The maximum atomic E-state index is 11.2. The number of hydrogen-bond donors (Lipinski definition) is 3. The van der Waals surface area contributed by atoms with Gasteiger partial charge in [0, 0.05) is 0 Å². The molecule has 0 unspecified atom stereocenters. The summed E-state index contributed by atoms with van der Waals surface area (Å²) in [5.74, 6) is -1.82. The molecule has 21 heavy (non-hydrogen) atoms. The molecule has 0 rings (SSSR count). The Hall–Kier alpha value is -1.71. The van der Waals surface area contributed by atoms with Crippen LogP contribution in [0.15, 0.2) is 0 Å². The summed E-state index contributed by atoms with van der Waals surface area (Å²) in [5, 5.41) is 0. The number of esters is 3. The highest BCUT2D eigenvalue weighted by atomic mass is 16.6. The molecule has 6 N–H and O–H groups in total. The van der Waals surface area contributed by atoms with Crippen molar-refractivity contribution in [1.82, 2.24) is 0 Å². The summed E-state index contributed by atoms with van der Waals surface area (Å²) in [4.78, 5) is 33.5. The monoisotopic (exact) mass is 305 g/mol. The minimum Gasteiger partial charge on any atom is -0.464 e. The van der Waals surface area contributed by atoms with Crippen molar-refractivity contribution >= 4 is 17.9 Å². The first-order valence-corrected chi connectivity index (χ1v) is 6.50. The van der Waals surface area contributed by atoms with Crippen LogP contribution >= 0.6 is 0 Å². The maximum Gasteiger partial charge on any atom is 0.319 e. The quantitative estimate of drug-likeness (QED) is 0.303. The molecule has 0 aromatic rings. The summed E-state index contributed by atoms with van der Waals surface area (Å²) in [6.07, 6.45) is 0.431. The summed E-state index contributed by atoms with van der Waals surface area (Å²) < 4.78 is 14.9. The van der Waals surface area contributed by atoms with Crippen molar-refractivity contribution in [2.45, 2.75) is 13.3 Å². The molecule has 0 aromatic heterocycles. The van der Waals surface area contributed by atoms with Gasteiger partial charge < -0.3 is 31.4 Å². The summed E-state index contributed by atoms with van der Waals surface area (Å²) in [7, 11) is 0. The van der Waals surface area contributed by atoms with Crippen molar-refractivity contribution in [3.05, 3.63) is 0 Å². The number of hydrogen-bond acceptors (Lipinski definition) is 9. The molecule has 0 bridgehead atoms. The molecular weight excluding hydrogens is 282 g/mol. The third-order valence-electron chi connectivity index (χ3n) is 2.87. The SMILES string of the molecule is CCC(COC(=O)CN)(COC(=O)CN)COC(=O)CN. The second kappa shape index (κ2) is 10.1. The van der Waals surface area contributed by atoms with Gasteiger partial charge in [0.15, 0.2) is 0 Å². The lowest BCUT2D eigenvalue weighted by Gasteiger charge is -2.30. The van der Waals surface area contributed by atoms with E-state index in [4.69, 9.17) is 31.4 Å². The first kappa shape index (κ1) is 19.3. The molecule has 122 valence electrons. The first-order valence-electron chi connectivity index (χ1n) is 6.50. The van der Waals surface area contributed by atoms with Gasteiger partial charge in [0.05, 0.1) is 25.0 Å². The van der Waals surface area contributed by atoms with Crippen LogP contribution in [0.25, 0.3) is 0 Å². The van der Waals surface area contributed by atoms with Gasteiger partial charge in [-0.05, 0) is 6.42 Å². The Kier molecular flexibility index (Phi) is 9.26. The molecule has 0 aliphatic rings. The van der Waals surface area contributed by atoms with Crippen LogP contribution in [0.4, 0.5) is 0 Å². The van der Waals surface area contributed by atoms with Crippen LogP contribution in [0.1, 0.15) is 13.3 Å². The number of rotatable bonds is 10. The fourth-order valence-corrected chi connectivity index (χ4v) is 1.31. The molecule has 0 aliphatic heterocycles. The third-order valence-corrected chi connectivity index (χ3v) is 2.87. The Morgan fingerprint density at radius 1 is 0.762 bits per heavy atom. The molecule has 0 atom stereocenters. The highest BCUT2D eigenvalue weighted by Crippen LogP contribution is 2.24. The van der Waals surface area contributed by atoms with E-state index < -0.39 is 23.3 Å². The number of nitrogens with two attached hydrogens (primary N) is 3. The van der Waals surface area contributed by atoms with E-state index in [0.29, 0.717) is 6.42 Å². The normalized spacial score (nSPS) is 10.9. The number of carbonyl (C=O) groups excluding carboxylic acids is 3. The summed E-state index contributed by atoms with van der Waals surface area (Å²) in [6, 6.07) is 0. The molecule has 9 nitrogen and oxygen atoms in total. The van der Waals surface area contributed by atoms with Crippen molar-refractivity contribution in [3.8, 4) is 0 Å². The molecule has 0 radical (unpaired) electrons.